The van der Waals surface area contributed by atoms with Gasteiger partial charge < -0.3 is 4.90 Å². The number of amides is 1. The van der Waals surface area contributed by atoms with Gasteiger partial charge in [-0.05, 0) is 23.5 Å². The molecule has 0 N–H and O–H groups in total. The van der Waals surface area contributed by atoms with E-state index in [1.54, 1.807) is 0 Å². The molecule has 1 saturated heterocycles. The molecule has 0 aromatic heterocycles. The number of rotatable bonds is 5. The van der Waals surface area contributed by atoms with Crippen LogP contribution in [-0.4, -0.2) is 23.1 Å². The first-order valence-electron chi connectivity index (χ1n) is 7.64. The summed E-state index contributed by atoms with van der Waals surface area (Å²) in [4.78, 5) is 14.3. The number of carbonyl (C=O) groups is 1. The third kappa shape index (κ3) is 3.57. The average Bonchev–Trinajstić information content (AvgIpc) is 2.94. The van der Waals surface area contributed by atoms with Gasteiger partial charge in [0, 0.05) is 18.7 Å². The van der Waals surface area contributed by atoms with Crippen LogP contribution in [0.25, 0.3) is 0 Å². The van der Waals surface area contributed by atoms with Crippen molar-refractivity contribution >= 4 is 17.7 Å². The minimum absolute atomic E-state index is 0.223. The van der Waals surface area contributed by atoms with E-state index in [-0.39, 0.29) is 5.37 Å². The summed E-state index contributed by atoms with van der Waals surface area (Å²) >= 11 is 1.88. The summed E-state index contributed by atoms with van der Waals surface area (Å²) in [5.41, 5.74) is 2.63. The standard InChI is InChI=1S/C17H25NOS/c1-4-5-6-16(19)18-11-12-20-17(18)15-9-7-14(8-10-15)13(2)3/h7-10,13,17H,4-6,11-12H2,1-3H3/t17-/m1/s1. The molecule has 0 spiro atoms. The fourth-order valence-corrected chi connectivity index (χ4v) is 3.80. The predicted octanol–water partition coefficient (Wildman–Crippen LogP) is 4.57. The number of thioether (sulfide) groups is 1. The smallest absolute Gasteiger partial charge is 0.223 e. The molecule has 1 aromatic carbocycles. The first-order valence-corrected chi connectivity index (χ1v) is 8.69. The topological polar surface area (TPSA) is 20.3 Å². The van der Waals surface area contributed by atoms with Crippen LogP contribution in [0.5, 0.6) is 0 Å². The molecule has 0 radical (unpaired) electrons. The molecule has 1 aliphatic rings. The Kier molecular flexibility index (Phi) is 5.53. The number of hydrogen-bond donors (Lipinski definition) is 0. The first-order chi connectivity index (χ1) is 9.63. The number of nitrogens with zero attached hydrogens (tertiary/aromatic N) is 1. The van der Waals surface area contributed by atoms with Gasteiger partial charge in [-0.2, -0.15) is 0 Å². The molecule has 3 heteroatoms. The molecule has 110 valence electrons. The maximum absolute atomic E-state index is 12.3. The third-order valence-electron chi connectivity index (χ3n) is 3.84. The number of carbonyl (C=O) groups excluding carboxylic acids is 1. The van der Waals surface area contributed by atoms with Gasteiger partial charge in [-0.1, -0.05) is 51.5 Å². The monoisotopic (exact) mass is 291 g/mol. The Hall–Kier alpha value is -0.960. The van der Waals surface area contributed by atoms with Gasteiger partial charge in [-0.25, -0.2) is 0 Å². The van der Waals surface area contributed by atoms with E-state index in [0.717, 1.165) is 25.1 Å². The van der Waals surface area contributed by atoms with E-state index in [4.69, 9.17) is 0 Å². The van der Waals surface area contributed by atoms with Crippen LogP contribution in [-0.2, 0) is 4.79 Å². The summed E-state index contributed by atoms with van der Waals surface area (Å²) in [6.07, 6.45) is 2.77. The van der Waals surface area contributed by atoms with Gasteiger partial charge in [0.05, 0.1) is 0 Å². The lowest BCUT2D eigenvalue weighted by Crippen LogP contribution is -2.30. The molecule has 1 fully saturated rings. The Balaban J connectivity index is 2.08. The zero-order valence-electron chi connectivity index (χ0n) is 12.8. The molecule has 2 rings (SSSR count). The lowest BCUT2D eigenvalue weighted by Gasteiger charge is -2.24. The Labute approximate surface area is 126 Å². The zero-order chi connectivity index (χ0) is 14.5. The summed E-state index contributed by atoms with van der Waals surface area (Å²) < 4.78 is 0. The van der Waals surface area contributed by atoms with Crippen molar-refractivity contribution in [3.63, 3.8) is 0 Å². The van der Waals surface area contributed by atoms with Crippen molar-refractivity contribution in [2.75, 3.05) is 12.3 Å². The second kappa shape index (κ2) is 7.16. The molecule has 1 heterocycles. The van der Waals surface area contributed by atoms with E-state index in [1.165, 1.54) is 11.1 Å². The summed E-state index contributed by atoms with van der Waals surface area (Å²) in [6, 6.07) is 8.79. The molecule has 2 nitrogen and oxygen atoms in total. The average molecular weight is 291 g/mol. The van der Waals surface area contributed by atoms with Gasteiger partial charge in [0.2, 0.25) is 5.91 Å². The minimum Gasteiger partial charge on any atom is -0.326 e. The van der Waals surface area contributed by atoms with Crippen LogP contribution in [0.1, 0.15) is 62.5 Å². The zero-order valence-corrected chi connectivity index (χ0v) is 13.6. The lowest BCUT2D eigenvalue weighted by molar-refractivity contribution is -0.131. The fraction of sp³-hybridized carbons (Fsp3) is 0.588. The van der Waals surface area contributed by atoms with Crippen LogP contribution in [0.15, 0.2) is 24.3 Å². The number of unbranched alkanes of at least 4 members (excludes halogenated alkanes) is 1. The summed E-state index contributed by atoms with van der Waals surface area (Å²) in [5, 5.41) is 0.223. The highest BCUT2D eigenvalue weighted by Crippen LogP contribution is 2.38. The SMILES string of the molecule is CCCCC(=O)N1CCS[C@@H]1c1ccc(C(C)C)cc1. The van der Waals surface area contributed by atoms with Crippen molar-refractivity contribution in [1.82, 2.24) is 4.90 Å². The molecule has 1 atom stereocenters. The van der Waals surface area contributed by atoms with Crippen molar-refractivity contribution in [3.05, 3.63) is 35.4 Å². The second-order valence-corrected chi connectivity index (χ2v) is 6.92. The van der Waals surface area contributed by atoms with Crippen LogP contribution < -0.4 is 0 Å². The van der Waals surface area contributed by atoms with E-state index in [9.17, 15) is 4.79 Å². The van der Waals surface area contributed by atoms with Crippen LogP contribution in [0.2, 0.25) is 0 Å². The maximum atomic E-state index is 12.3. The maximum Gasteiger partial charge on any atom is 0.223 e. The predicted molar refractivity (Wildman–Crippen MR) is 87.0 cm³/mol. The van der Waals surface area contributed by atoms with E-state index in [2.05, 4.69) is 49.9 Å². The highest BCUT2D eigenvalue weighted by atomic mass is 32.2. The molecule has 1 amide bonds. The molecule has 0 saturated carbocycles. The Morgan fingerprint density at radius 2 is 2.05 bits per heavy atom. The first kappa shape index (κ1) is 15.4. The lowest BCUT2D eigenvalue weighted by atomic mass is 10.0. The van der Waals surface area contributed by atoms with Crippen molar-refractivity contribution in [2.24, 2.45) is 0 Å². The Bertz CT molecular complexity index is 441. The molecule has 0 aliphatic carbocycles. The molecule has 1 aliphatic heterocycles. The van der Waals surface area contributed by atoms with Crippen LogP contribution in [0, 0.1) is 0 Å². The normalized spacial score (nSPS) is 18.8. The number of hydrogen-bond acceptors (Lipinski definition) is 2. The largest absolute Gasteiger partial charge is 0.326 e. The van der Waals surface area contributed by atoms with Gasteiger partial charge in [-0.3, -0.25) is 4.79 Å². The van der Waals surface area contributed by atoms with Crippen LogP contribution in [0.3, 0.4) is 0 Å². The van der Waals surface area contributed by atoms with E-state index in [0.29, 0.717) is 18.2 Å². The van der Waals surface area contributed by atoms with Crippen molar-refractivity contribution < 1.29 is 4.79 Å². The highest BCUT2D eigenvalue weighted by Gasteiger charge is 2.29. The third-order valence-corrected chi connectivity index (χ3v) is 5.10. The van der Waals surface area contributed by atoms with E-state index in [1.807, 2.05) is 11.8 Å². The highest BCUT2D eigenvalue weighted by molar-refractivity contribution is 7.99. The van der Waals surface area contributed by atoms with Crippen molar-refractivity contribution in [3.8, 4) is 0 Å². The van der Waals surface area contributed by atoms with E-state index < -0.39 is 0 Å². The quantitative estimate of drug-likeness (QED) is 0.791. The fourth-order valence-electron chi connectivity index (χ4n) is 2.52. The summed E-state index contributed by atoms with van der Waals surface area (Å²) in [6.45, 7) is 7.44. The van der Waals surface area contributed by atoms with Crippen LogP contribution in [0.4, 0.5) is 0 Å². The molecule has 0 unspecified atom stereocenters. The van der Waals surface area contributed by atoms with Gasteiger partial charge in [0.15, 0.2) is 0 Å². The Morgan fingerprint density at radius 3 is 2.65 bits per heavy atom. The summed E-state index contributed by atoms with van der Waals surface area (Å²) in [7, 11) is 0. The molecule has 0 bridgehead atoms. The molecule has 20 heavy (non-hydrogen) atoms. The van der Waals surface area contributed by atoms with Gasteiger partial charge >= 0.3 is 0 Å². The molecular formula is C17H25NOS. The van der Waals surface area contributed by atoms with Crippen LogP contribution >= 0.6 is 11.8 Å². The van der Waals surface area contributed by atoms with E-state index >= 15 is 0 Å². The van der Waals surface area contributed by atoms with Crippen molar-refractivity contribution in [1.29, 1.82) is 0 Å². The second-order valence-electron chi connectivity index (χ2n) is 5.74. The molecular weight excluding hydrogens is 266 g/mol. The molecule has 1 aromatic rings. The Morgan fingerprint density at radius 1 is 1.35 bits per heavy atom. The minimum atomic E-state index is 0.223. The van der Waals surface area contributed by atoms with Crippen molar-refractivity contribution in [2.45, 2.75) is 51.3 Å². The van der Waals surface area contributed by atoms with Gasteiger partial charge in [-0.15, -0.1) is 11.8 Å². The van der Waals surface area contributed by atoms with Gasteiger partial charge in [0.25, 0.3) is 0 Å². The summed E-state index contributed by atoms with van der Waals surface area (Å²) in [5.74, 6) is 1.92. The van der Waals surface area contributed by atoms with Gasteiger partial charge in [0.1, 0.15) is 5.37 Å². The number of benzene rings is 1.